The van der Waals surface area contributed by atoms with Gasteiger partial charge in [-0.3, -0.25) is 14.5 Å². The molecular formula is C21H25N3O2S. The highest BCUT2D eigenvalue weighted by Gasteiger charge is 2.37. The number of hydrogen-bond acceptors (Lipinski definition) is 4. The number of piperazine rings is 1. The van der Waals surface area contributed by atoms with E-state index in [2.05, 4.69) is 22.4 Å². The SMILES string of the molecule is Cc1ccc(N2CC(C(=O)N3CCN(Cc4cccs4)CC3)CC2=O)cc1. The van der Waals surface area contributed by atoms with E-state index in [4.69, 9.17) is 0 Å². The van der Waals surface area contributed by atoms with Gasteiger partial charge in [-0.15, -0.1) is 11.3 Å². The van der Waals surface area contributed by atoms with Gasteiger partial charge in [-0.05, 0) is 30.5 Å². The minimum Gasteiger partial charge on any atom is -0.340 e. The van der Waals surface area contributed by atoms with Crippen LogP contribution in [-0.2, 0) is 16.1 Å². The molecule has 2 aliphatic heterocycles. The molecule has 0 radical (unpaired) electrons. The van der Waals surface area contributed by atoms with Crippen LogP contribution in [0.3, 0.4) is 0 Å². The standard InChI is InChI=1S/C21H25N3O2S/c1-16-4-6-18(7-5-16)24-14-17(13-20(24)25)21(26)23-10-8-22(9-11-23)15-19-3-2-12-27-19/h2-7,12,17H,8-11,13-15H2,1H3. The summed E-state index contributed by atoms with van der Waals surface area (Å²) in [4.78, 5) is 32.8. The van der Waals surface area contributed by atoms with Gasteiger partial charge < -0.3 is 9.80 Å². The van der Waals surface area contributed by atoms with Crippen molar-refractivity contribution in [3.8, 4) is 0 Å². The molecular weight excluding hydrogens is 358 g/mol. The molecule has 0 bridgehead atoms. The number of carbonyl (C=O) groups excluding carboxylic acids is 2. The summed E-state index contributed by atoms with van der Waals surface area (Å²) in [7, 11) is 0. The highest BCUT2D eigenvalue weighted by molar-refractivity contribution is 7.09. The van der Waals surface area contributed by atoms with Gasteiger partial charge in [0.2, 0.25) is 11.8 Å². The summed E-state index contributed by atoms with van der Waals surface area (Å²) in [5, 5.41) is 2.10. The van der Waals surface area contributed by atoms with E-state index in [0.29, 0.717) is 13.0 Å². The zero-order valence-electron chi connectivity index (χ0n) is 15.6. The first-order chi connectivity index (χ1) is 13.1. The second-order valence-electron chi connectivity index (χ2n) is 7.42. The van der Waals surface area contributed by atoms with E-state index in [1.54, 1.807) is 16.2 Å². The Bertz CT molecular complexity index is 795. The number of amides is 2. The summed E-state index contributed by atoms with van der Waals surface area (Å²) >= 11 is 1.78. The van der Waals surface area contributed by atoms with Gasteiger partial charge in [0.05, 0.1) is 5.92 Å². The van der Waals surface area contributed by atoms with Crippen molar-refractivity contribution in [1.29, 1.82) is 0 Å². The molecule has 2 saturated heterocycles. The molecule has 1 atom stereocenters. The van der Waals surface area contributed by atoms with Crippen molar-refractivity contribution in [1.82, 2.24) is 9.80 Å². The summed E-state index contributed by atoms with van der Waals surface area (Å²) < 4.78 is 0. The van der Waals surface area contributed by atoms with Gasteiger partial charge in [-0.2, -0.15) is 0 Å². The molecule has 1 unspecified atom stereocenters. The van der Waals surface area contributed by atoms with Crippen molar-refractivity contribution in [3.05, 3.63) is 52.2 Å². The maximum atomic E-state index is 12.9. The van der Waals surface area contributed by atoms with E-state index < -0.39 is 0 Å². The monoisotopic (exact) mass is 383 g/mol. The van der Waals surface area contributed by atoms with Crippen LogP contribution in [0.15, 0.2) is 41.8 Å². The fourth-order valence-corrected chi connectivity index (χ4v) is 4.60. The van der Waals surface area contributed by atoms with Crippen molar-refractivity contribution >= 4 is 28.8 Å². The van der Waals surface area contributed by atoms with Crippen molar-refractivity contribution < 1.29 is 9.59 Å². The number of nitrogens with zero attached hydrogens (tertiary/aromatic N) is 3. The molecule has 142 valence electrons. The predicted octanol–water partition coefficient (Wildman–Crippen LogP) is 2.75. The molecule has 0 spiro atoms. The van der Waals surface area contributed by atoms with E-state index in [9.17, 15) is 9.59 Å². The van der Waals surface area contributed by atoms with Crippen LogP contribution in [0.25, 0.3) is 0 Å². The van der Waals surface area contributed by atoms with Crippen LogP contribution in [0.5, 0.6) is 0 Å². The van der Waals surface area contributed by atoms with Gasteiger partial charge in [-0.25, -0.2) is 0 Å². The van der Waals surface area contributed by atoms with E-state index in [1.807, 2.05) is 36.1 Å². The van der Waals surface area contributed by atoms with Crippen LogP contribution >= 0.6 is 11.3 Å². The number of benzene rings is 1. The fraction of sp³-hybridized carbons (Fsp3) is 0.429. The van der Waals surface area contributed by atoms with Crippen molar-refractivity contribution in [2.24, 2.45) is 5.92 Å². The highest BCUT2D eigenvalue weighted by atomic mass is 32.1. The van der Waals surface area contributed by atoms with E-state index in [-0.39, 0.29) is 17.7 Å². The van der Waals surface area contributed by atoms with E-state index in [1.165, 1.54) is 10.4 Å². The lowest BCUT2D eigenvalue weighted by Gasteiger charge is -2.35. The smallest absolute Gasteiger partial charge is 0.228 e. The van der Waals surface area contributed by atoms with Gasteiger partial charge in [-0.1, -0.05) is 23.8 Å². The molecule has 0 aliphatic carbocycles. The number of hydrogen-bond donors (Lipinski definition) is 0. The minimum atomic E-state index is -0.220. The average molecular weight is 384 g/mol. The molecule has 0 N–H and O–H groups in total. The molecule has 3 heterocycles. The van der Waals surface area contributed by atoms with E-state index >= 15 is 0 Å². The van der Waals surface area contributed by atoms with Gasteiger partial charge in [0.25, 0.3) is 0 Å². The third-order valence-electron chi connectivity index (χ3n) is 5.46. The van der Waals surface area contributed by atoms with Crippen LogP contribution in [0.1, 0.15) is 16.9 Å². The Hall–Kier alpha value is -2.18. The lowest BCUT2D eigenvalue weighted by molar-refractivity contribution is -0.137. The first-order valence-electron chi connectivity index (χ1n) is 9.51. The van der Waals surface area contributed by atoms with Gasteiger partial charge >= 0.3 is 0 Å². The summed E-state index contributed by atoms with van der Waals surface area (Å²) in [5.41, 5.74) is 2.06. The minimum absolute atomic E-state index is 0.0496. The number of aryl methyl sites for hydroxylation is 1. The number of rotatable bonds is 4. The quantitative estimate of drug-likeness (QED) is 0.815. The number of thiophene rings is 1. The molecule has 27 heavy (non-hydrogen) atoms. The molecule has 1 aromatic carbocycles. The van der Waals surface area contributed by atoms with Crippen LogP contribution in [0, 0.1) is 12.8 Å². The Morgan fingerprint density at radius 3 is 2.52 bits per heavy atom. The largest absolute Gasteiger partial charge is 0.340 e. The summed E-state index contributed by atoms with van der Waals surface area (Å²) in [6.45, 7) is 6.77. The second kappa shape index (κ2) is 7.82. The molecule has 4 rings (SSSR count). The maximum Gasteiger partial charge on any atom is 0.228 e. The Morgan fingerprint density at radius 1 is 1.11 bits per heavy atom. The molecule has 5 nitrogen and oxygen atoms in total. The lowest BCUT2D eigenvalue weighted by atomic mass is 10.1. The first-order valence-corrected chi connectivity index (χ1v) is 10.4. The average Bonchev–Trinajstić information content (AvgIpc) is 3.32. The zero-order valence-corrected chi connectivity index (χ0v) is 16.5. The topological polar surface area (TPSA) is 43.9 Å². The fourth-order valence-electron chi connectivity index (χ4n) is 3.85. The highest BCUT2D eigenvalue weighted by Crippen LogP contribution is 2.27. The Labute approximate surface area is 164 Å². The molecule has 2 aliphatic rings. The predicted molar refractivity (Wildman–Crippen MR) is 108 cm³/mol. The zero-order chi connectivity index (χ0) is 18.8. The number of anilines is 1. The normalized spacial score (nSPS) is 21.1. The third-order valence-corrected chi connectivity index (χ3v) is 6.32. The Balaban J connectivity index is 1.32. The Kier molecular flexibility index (Phi) is 5.27. The second-order valence-corrected chi connectivity index (χ2v) is 8.45. The maximum absolute atomic E-state index is 12.9. The Morgan fingerprint density at radius 2 is 1.85 bits per heavy atom. The third kappa shape index (κ3) is 4.06. The van der Waals surface area contributed by atoms with Gasteiger partial charge in [0.1, 0.15) is 0 Å². The molecule has 6 heteroatoms. The molecule has 2 aromatic rings. The molecule has 1 aromatic heterocycles. The van der Waals surface area contributed by atoms with Gasteiger partial charge in [0, 0.05) is 56.3 Å². The lowest BCUT2D eigenvalue weighted by Crippen LogP contribution is -2.50. The molecule has 2 amide bonds. The molecule has 2 fully saturated rings. The summed E-state index contributed by atoms with van der Waals surface area (Å²) in [6.07, 6.45) is 0.322. The van der Waals surface area contributed by atoms with Crippen LogP contribution in [0.2, 0.25) is 0 Å². The van der Waals surface area contributed by atoms with Crippen molar-refractivity contribution in [2.45, 2.75) is 19.9 Å². The van der Waals surface area contributed by atoms with Crippen LogP contribution < -0.4 is 4.90 Å². The van der Waals surface area contributed by atoms with E-state index in [0.717, 1.165) is 38.4 Å². The van der Waals surface area contributed by atoms with Gasteiger partial charge in [0.15, 0.2) is 0 Å². The van der Waals surface area contributed by atoms with Crippen LogP contribution in [-0.4, -0.2) is 54.3 Å². The van der Waals surface area contributed by atoms with Crippen molar-refractivity contribution in [3.63, 3.8) is 0 Å². The summed E-state index contributed by atoms with van der Waals surface area (Å²) in [5.74, 6) is -0.0371. The molecule has 0 saturated carbocycles. The van der Waals surface area contributed by atoms with Crippen molar-refractivity contribution in [2.75, 3.05) is 37.6 Å². The van der Waals surface area contributed by atoms with Crippen LogP contribution in [0.4, 0.5) is 5.69 Å². The number of carbonyl (C=O) groups is 2. The first kappa shape index (κ1) is 18.2. The summed E-state index contributed by atoms with van der Waals surface area (Å²) in [6, 6.07) is 12.2.